The molecule has 20 heavy (non-hydrogen) atoms. The quantitative estimate of drug-likeness (QED) is 0.843. The maximum atomic E-state index is 12.0. The molecule has 2 N–H and O–H groups in total. The van der Waals surface area contributed by atoms with Gasteiger partial charge in [0.2, 0.25) is 0 Å². The fraction of sp³-hybridized carbons (Fsp3) is 0.714. The van der Waals surface area contributed by atoms with Crippen molar-refractivity contribution in [3.05, 3.63) is 17.5 Å². The number of aliphatic hydroxyl groups is 1. The smallest absolute Gasteiger partial charge is 0.190 e. The van der Waals surface area contributed by atoms with Gasteiger partial charge in [0.25, 0.3) is 0 Å². The molecule has 1 saturated carbocycles. The molecule has 0 radical (unpaired) electrons. The van der Waals surface area contributed by atoms with E-state index in [9.17, 15) is 13.5 Å². The van der Waals surface area contributed by atoms with E-state index in [1.54, 1.807) is 17.5 Å². The molecule has 6 heteroatoms. The number of hydrogen-bond acceptors (Lipinski definition) is 5. The number of aliphatic hydroxyl groups excluding tert-OH is 1. The molecule has 1 heterocycles. The van der Waals surface area contributed by atoms with Gasteiger partial charge in [-0.05, 0) is 43.0 Å². The van der Waals surface area contributed by atoms with Crippen LogP contribution in [-0.2, 0) is 9.84 Å². The average Bonchev–Trinajstić information content (AvgIpc) is 2.92. The highest BCUT2D eigenvalue weighted by Crippen LogP contribution is 2.23. The second-order valence-corrected chi connectivity index (χ2v) is 8.94. The Kier molecular flexibility index (Phi) is 5.60. The van der Waals surface area contributed by atoms with Gasteiger partial charge in [0.15, 0.2) is 9.84 Å². The first-order valence-electron chi connectivity index (χ1n) is 7.15. The molecule has 0 aliphatic heterocycles. The van der Waals surface area contributed by atoms with E-state index in [0.29, 0.717) is 16.8 Å². The zero-order valence-electron chi connectivity index (χ0n) is 11.8. The summed E-state index contributed by atoms with van der Waals surface area (Å²) in [6.07, 6.45) is 3.81. The van der Waals surface area contributed by atoms with E-state index >= 15 is 0 Å². The Labute approximate surface area is 125 Å². The van der Waals surface area contributed by atoms with Crippen LogP contribution in [-0.4, -0.2) is 38.0 Å². The maximum absolute atomic E-state index is 12.0. The number of sulfone groups is 1. The van der Waals surface area contributed by atoms with Gasteiger partial charge >= 0.3 is 0 Å². The van der Waals surface area contributed by atoms with Crippen LogP contribution in [0.25, 0.3) is 0 Å². The van der Waals surface area contributed by atoms with E-state index in [2.05, 4.69) is 12.2 Å². The van der Waals surface area contributed by atoms with Crippen LogP contribution in [0.15, 0.2) is 21.7 Å². The van der Waals surface area contributed by atoms with Gasteiger partial charge in [0.1, 0.15) is 4.21 Å². The molecule has 1 aliphatic carbocycles. The van der Waals surface area contributed by atoms with Gasteiger partial charge in [-0.1, -0.05) is 13.0 Å². The fourth-order valence-electron chi connectivity index (χ4n) is 2.60. The van der Waals surface area contributed by atoms with Crippen molar-refractivity contribution in [2.45, 2.75) is 49.0 Å². The first kappa shape index (κ1) is 15.9. The first-order chi connectivity index (χ1) is 9.47. The molecule has 1 unspecified atom stereocenters. The average molecular weight is 317 g/mol. The van der Waals surface area contributed by atoms with Crippen molar-refractivity contribution >= 4 is 21.2 Å². The predicted molar refractivity (Wildman–Crippen MR) is 81.8 cm³/mol. The Bertz CT molecular complexity index is 490. The topological polar surface area (TPSA) is 66.4 Å². The molecule has 4 nitrogen and oxygen atoms in total. The molecule has 1 aromatic rings. The third-order valence-electron chi connectivity index (χ3n) is 3.87. The summed E-state index contributed by atoms with van der Waals surface area (Å²) >= 11 is 1.20. The highest BCUT2D eigenvalue weighted by molar-refractivity contribution is 7.93. The van der Waals surface area contributed by atoms with E-state index < -0.39 is 15.9 Å². The van der Waals surface area contributed by atoms with Crippen LogP contribution >= 0.6 is 11.3 Å². The predicted octanol–water partition coefficient (Wildman–Crippen LogP) is 2.05. The number of hydrogen-bond donors (Lipinski definition) is 2. The summed E-state index contributed by atoms with van der Waals surface area (Å²) in [4.78, 5) is 0. The molecule has 2 rings (SSSR count). The standard InChI is InChI=1S/C14H23NO3S2/c1-11-4-6-12(7-5-11)15-9-13(16)10-20(17,18)14-3-2-8-19-14/h2-3,8,11-13,15-16H,4-7,9-10H2,1H3. The summed E-state index contributed by atoms with van der Waals surface area (Å²) in [6, 6.07) is 3.72. The maximum Gasteiger partial charge on any atom is 0.190 e. The van der Waals surface area contributed by atoms with Gasteiger partial charge in [0, 0.05) is 12.6 Å². The van der Waals surface area contributed by atoms with Crippen LogP contribution in [0.3, 0.4) is 0 Å². The van der Waals surface area contributed by atoms with E-state index in [-0.39, 0.29) is 5.75 Å². The lowest BCUT2D eigenvalue weighted by molar-refractivity contribution is 0.180. The van der Waals surface area contributed by atoms with Crippen molar-refractivity contribution in [3.63, 3.8) is 0 Å². The Morgan fingerprint density at radius 3 is 2.70 bits per heavy atom. The summed E-state index contributed by atoms with van der Waals surface area (Å²) in [6.45, 7) is 2.61. The molecular weight excluding hydrogens is 294 g/mol. The van der Waals surface area contributed by atoms with Crippen molar-refractivity contribution in [2.24, 2.45) is 5.92 Å². The van der Waals surface area contributed by atoms with Crippen LogP contribution in [0.1, 0.15) is 32.6 Å². The molecule has 1 atom stereocenters. The van der Waals surface area contributed by atoms with Crippen molar-refractivity contribution in [1.82, 2.24) is 5.32 Å². The van der Waals surface area contributed by atoms with Crippen molar-refractivity contribution in [2.75, 3.05) is 12.3 Å². The molecule has 0 amide bonds. The van der Waals surface area contributed by atoms with Gasteiger partial charge in [0.05, 0.1) is 11.9 Å². The molecule has 0 bridgehead atoms. The van der Waals surface area contributed by atoms with E-state index in [1.807, 2.05) is 0 Å². The molecule has 0 saturated heterocycles. The van der Waals surface area contributed by atoms with E-state index in [1.165, 1.54) is 24.2 Å². The van der Waals surface area contributed by atoms with Crippen molar-refractivity contribution in [1.29, 1.82) is 0 Å². The minimum absolute atomic E-state index is 0.205. The third kappa shape index (κ3) is 4.55. The zero-order valence-corrected chi connectivity index (χ0v) is 13.4. The molecule has 1 aliphatic rings. The van der Waals surface area contributed by atoms with Crippen molar-refractivity contribution in [3.8, 4) is 0 Å². The Balaban J connectivity index is 1.77. The van der Waals surface area contributed by atoms with Crippen LogP contribution in [0.2, 0.25) is 0 Å². The van der Waals surface area contributed by atoms with Crippen LogP contribution < -0.4 is 5.32 Å². The minimum atomic E-state index is -3.35. The number of thiophene rings is 1. The van der Waals surface area contributed by atoms with Crippen LogP contribution in [0.4, 0.5) is 0 Å². The number of nitrogens with one attached hydrogen (secondary N) is 1. The summed E-state index contributed by atoms with van der Waals surface area (Å²) in [5.74, 6) is 0.584. The Morgan fingerprint density at radius 2 is 2.10 bits per heavy atom. The van der Waals surface area contributed by atoms with Crippen molar-refractivity contribution < 1.29 is 13.5 Å². The monoisotopic (exact) mass is 317 g/mol. The second kappa shape index (κ2) is 7.02. The van der Waals surface area contributed by atoms with Crippen LogP contribution in [0, 0.1) is 5.92 Å². The lowest BCUT2D eigenvalue weighted by Gasteiger charge is -2.27. The highest BCUT2D eigenvalue weighted by Gasteiger charge is 2.22. The normalized spacial score (nSPS) is 25.5. The molecule has 0 aromatic carbocycles. The van der Waals surface area contributed by atoms with E-state index in [0.717, 1.165) is 18.8 Å². The zero-order chi connectivity index (χ0) is 14.6. The lowest BCUT2D eigenvalue weighted by Crippen LogP contribution is -2.40. The first-order valence-corrected chi connectivity index (χ1v) is 9.68. The van der Waals surface area contributed by atoms with Gasteiger partial charge in [-0.15, -0.1) is 11.3 Å². The summed E-state index contributed by atoms with van der Waals surface area (Å²) in [5.41, 5.74) is 0. The van der Waals surface area contributed by atoms with Gasteiger partial charge in [-0.25, -0.2) is 8.42 Å². The SMILES string of the molecule is CC1CCC(NCC(O)CS(=O)(=O)c2cccs2)CC1. The summed E-state index contributed by atoms with van der Waals surface area (Å²) < 4.78 is 24.4. The van der Waals surface area contributed by atoms with Crippen LogP contribution in [0.5, 0.6) is 0 Å². The summed E-state index contributed by atoms with van der Waals surface area (Å²) in [5, 5.41) is 15.0. The lowest BCUT2D eigenvalue weighted by atomic mass is 9.87. The number of rotatable bonds is 6. The largest absolute Gasteiger partial charge is 0.391 e. The Morgan fingerprint density at radius 1 is 1.40 bits per heavy atom. The second-order valence-electron chi connectivity index (χ2n) is 5.73. The molecular formula is C14H23NO3S2. The third-order valence-corrected chi connectivity index (χ3v) is 7.16. The molecule has 1 fully saturated rings. The van der Waals surface area contributed by atoms with Gasteiger partial charge < -0.3 is 10.4 Å². The fourth-order valence-corrected chi connectivity index (χ4v) is 5.08. The molecule has 0 spiro atoms. The van der Waals surface area contributed by atoms with E-state index in [4.69, 9.17) is 0 Å². The summed E-state index contributed by atoms with van der Waals surface area (Å²) in [7, 11) is -3.35. The molecule has 1 aromatic heterocycles. The minimum Gasteiger partial charge on any atom is -0.391 e. The van der Waals surface area contributed by atoms with Gasteiger partial charge in [-0.2, -0.15) is 0 Å². The van der Waals surface area contributed by atoms with Gasteiger partial charge in [-0.3, -0.25) is 0 Å². The molecule has 114 valence electrons. The Hall–Kier alpha value is -0.430. The highest BCUT2D eigenvalue weighted by atomic mass is 32.2.